The number of allylic oxidation sites excluding steroid dienone is 1. The van der Waals surface area contributed by atoms with Crippen LogP contribution in [0.3, 0.4) is 0 Å². The number of alkyl carbamates (subject to hydrolysis) is 1. The van der Waals surface area contributed by atoms with E-state index in [2.05, 4.69) is 20.1 Å². The van der Waals surface area contributed by atoms with Crippen molar-refractivity contribution in [2.75, 3.05) is 13.1 Å². The van der Waals surface area contributed by atoms with Crippen LogP contribution in [0.15, 0.2) is 42.5 Å². The molecule has 242 valence electrons. The Morgan fingerprint density at radius 2 is 1.82 bits per heavy atom. The van der Waals surface area contributed by atoms with Crippen molar-refractivity contribution in [1.29, 1.82) is 0 Å². The van der Waals surface area contributed by atoms with Crippen LogP contribution in [0.4, 0.5) is 4.79 Å². The molecule has 0 aromatic heterocycles. The lowest BCUT2D eigenvalue weighted by Crippen LogP contribution is -2.59. The Morgan fingerprint density at radius 3 is 2.55 bits per heavy atom. The van der Waals surface area contributed by atoms with Crippen LogP contribution in [0.5, 0.6) is 0 Å². The second kappa shape index (κ2) is 14.1. The number of rotatable bonds is 7. The summed E-state index contributed by atoms with van der Waals surface area (Å²) < 4.78 is 35.5. The first kappa shape index (κ1) is 33.4. The maximum atomic E-state index is 13.7. The van der Waals surface area contributed by atoms with Gasteiger partial charge in [0.15, 0.2) is 0 Å². The summed E-state index contributed by atoms with van der Waals surface area (Å²) >= 11 is 0. The second-order valence-corrected chi connectivity index (χ2v) is 14.3. The fourth-order valence-corrected chi connectivity index (χ4v) is 6.64. The Hall–Kier alpha value is -3.45. The van der Waals surface area contributed by atoms with Crippen molar-refractivity contribution in [2.45, 2.75) is 102 Å². The zero-order chi connectivity index (χ0) is 32.0. The monoisotopic (exact) mass is 631 g/mol. The number of carbonyl (C=O) groups is 4. The lowest BCUT2D eigenvalue weighted by atomic mass is 10.0. The number of carbonyl (C=O) groups excluding carboxylic acids is 4. The number of ether oxygens (including phenoxy) is 1. The number of nitrogens with one attached hydrogen (secondary N) is 4. The van der Waals surface area contributed by atoms with E-state index in [4.69, 9.17) is 4.74 Å². The van der Waals surface area contributed by atoms with E-state index in [0.717, 1.165) is 18.4 Å². The third kappa shape index (κ3) is 9.04. The molecule has 0 radical (unpaired) electrons. The average Bonchev–Trinajstić information content (AvgIpc) is 3.40. The highest BCUT2D eigenvalue weighted by molar-refractivity contribution is 7.88. The van der Waals surface area contributed by atoms with E-state index in [1.54, 1.807) is 20.8 Å². The van der Waals surface area contributed by atoms with Crippen molar-refractivity contribution in [1.82, 2.24) is 25.0 Å². The minimum Gasteiger partial charge on any atom is -0.444 e. The van der Waals surface area contributed by atoms with Gasteiger partial charge in [0.25, 0.3) is 5.91 Å². The molecule has 12 nitrogen and oxygen atoms in total. The van der Waals surface area contributed by atoms with Crippen molar-refractivity contribution in [3.05, 3.63) is 48.0 Å². The molecule has 1 aliphatic carbocycles. The quantitative estimate of drug-likeness (QED) is 0.336. The highest BCUT2D eigenvalue weighted by Crippen LogP contribution is 2.45. The molecule has 0 bridgehead atoms. The van der Waals surface area contributed by atoms with Gasteiger partial charge in [-0.2, -0.15) is 13.1 Å². The maximum Gasteiger partial charge on any atom is 0.408 e. The van der Waals surface area contributed by atoms with Gasteiger partial charge in [-0.1, -0.05) is 55.3 Å². The van der Waals surface area contributed by atoms with Crippen LogP contribution in [0.25, 0.3) is 0 Å². The summed E-state index contributed by atoms with van der Waals surface area (Å²) in [6.45, 7) is 5.63. The van der Waals surface area contributed by atoms with Crippen LogP contribution in [0.2, 0.25) is 0 Å². The van der Waals surface area contributed by atoms with Gasteiger partial charge in [0.05, 0.1) is 0 Å². The van der Waals surface area contributed by atoms with Crippen molar-refractivity contribution in [3.63, 3.8) is 0 Å². The summed E-state index contributed by atoms with van der Waals surface area (Å²) in [5.74, 6) is -2.11. The van der Waals surface area contributed by atoms with Crippen LogP contribution < -0.4 is 20.1 Å². The normalized spacial score (nSPS) is 27.1. The van der Waals surface area contributed by atoms with Crippen LogP contribution in [0.1, 0.15) is 77.7 Å². The van der Waals surface area contributed by atoms with Crippen molar-refractivity contribution in [3.8, 4) is 0 Å². The highest BCUT2D eigenvalue weighted by atomic mass is 32.2. The highest BCUT2D eigenvalue weighted by Gasteiger charge is 2.61. The topological polar surface area (TPSA) is 163 Å². The smallest absolute Gasteiger partial charge is 0.408 e. The largest absolute Gasteiger partial charge is 0.444 e. The third-order valence-corrected chi connectivity index (χ3v) is 9.14. The molecular formula is C31H45N5O7S. The van der Waals surface area contributed by atoms with Crippen LogP contribution in [-0.4, -0.2) is 73.4 Å². The SMILES string of the molecule is CC(C)(C)OC(=O)NC1CCCCC/C=C\C2CC2(C(=O)NS(=O)(=O)NCCc2ccccc2)NC(=O)C2CCCN2C1=O. The van der Waals surface area contributed by atoms with Crippen LogP contribution >= 0.6 is 0 Å². The van der Waals surface area contributed by atoms with E-state index in [1.165, 1.54) is 4.90 Å². The molecule has 1 saturated carbocycles. The third-order valence-electron chi connectivity index (χ3n) is 8.10. The van der Waals surface area contributed by atoms with E-state index in [0.29, 0.717) is 45.1 Å². The minimum absolute atomic E-state index is 0.0902. The van der Waals surface area contributed by atoms with Gasteiger partial charge in [-0.15, -0.1) is 0 Å². The van der Waals surface area contributed by atoms with E-state index in [9.17, 15) is 27.6 Å². The Bertz CT molecular complexity index is 1340. The van der Waals surface area contributed by atoms with Crippen molar-refractivity contribution in [2.24, 2.45) is 5.92 Å². The maximum absolute atomic E-state index is 13.7. The molecule has 2 fully saturated rings. The molecule has 1 aromatic rings. The Labute approximate surface area is 259 Å². The van der Waals surface area contributed by atoms with Crippen LogP contribution in [0, 0.1) is 5.92 Å². The standard InChI is InChI=1S/C31H45N5O7S/c1-30(2,3)43-29(40)33-24-16-11-6-4-5-10-15-23-21-31(23,34-26(37)25-17-12-20-36(25)27(24)38)28(39)35-44(41,42)32-19-18-22-13-8-7-9-14-22/h7-10,13-15,23-25,32H,4-6,11-12,16-21H2,1-3H3,(H,33,40)(H,34,37)(H,35,39)/b15-10-. The molecule has 4 rings (SSSR count). The predicted octanol–water partition coefficient (Wildman–Crippen LogP) is 2.46. The fraction of sp³-hybridized carbons (Fsp3) is 0.613. The number of hydrogen-bond donors (Lipinski definition) is 4. The number of hydrogen-bond acceptors (Lipinski definition) is 7. The molecule has 0 spiro atoms. The Morgan fingerprint density at radius 1 is 1.07 bits per heavy atom. The molecule has 44 heavy (non-hydrogen) atoms. The molecule has 4 unspecified atom stereocenters. The van der Waals surface area contributed by atoms with E-state index in [-0.39, 0.29) is 24.8 Å². The Balaban J connectivity index is 1.47. The molecule has 4 amide bonds. The molecule has 1 aromatic carbocycles. The summed E-state index contributed by atoms with van der Waals surface area (Å²) in [4.78, 5) is 54.9. The van der Waals surface area contributed by atoms with Gasteiger partial charge >= 0.3 is 16.3 Å². The zero-order valence-electron chi connectivity index (χ0n) is 25.8. The first-order valence-corrected chi connectivity index (χ1v) is 16.9. The van der Waals surface area contributed by atoms with E-state index in [1.807, 2.05) is 42.5 Å². The zero-order valence-corrected chi connectivity index (χ0v) is 26.6. The molecule has 3 aliphatic rings. The fourth-order valence-electron chi connectivity index (χ4n) is 5.77. The summed E-state index contributed by atoms with van der Waals surface area (Å²) in [7, 11) is -4.19. The molecular weight excluding hydrogens is 586 g/mol. The summed E-state index contributed by atoms with van der Waals surface area (Å²) in [6, 6.07) is 7.64. The van der Waals surface area contributed by atoms with Gasteiger partial charge in [-0.25, -0.2) is 9.52 Å². The lowest BCUT2D eigenvalue weighted by molar-refractivity contribution is -0.141. The molecule has 2 aliphatic heterocycles. The average molecular weight is 632 g/mol. The Kier molecular flexibility index (Phi) is 10.7. The van der Waals surface area contributed by atoms with E-state index < -0.39 is 51.3 Å². The first-order valence-electron chi connectivity index (χ1n) is 15.4. The van der Waals surface area contributed by atoms with Crippen molar-refractivity contribution >= 4 is 34.0 Å². The minimum atomic E-state index is -4.19. The number of fused-ring (bicyclic) bond motifs is 2. The number of benzene rings is 1. The van der Waals surface area contributed by atoms with Gasteiger partial charge in [-0.3, -0.25) is 14.4 Å². The summed E-state index contributed by atoms with van der Waals surface area (Å²) in [5.41, 5.74) is -1.25. The van der Waals surface area contributed by atoms with E-state index >= 15 is 0 Å². The molecule has 1 saturated heterocycles. The number of amides is 4. The molecule has 13 heteroatoms. The second-order valence-electron chi connectivity index (χ2n) is 12.8. The van der Waals surface area contributed by atoms with Gasteiger partial charge in [0.2, 0.25) is 11.8 Å². The van der Waals surface area contributed by atoms with Gasteiger partial charge in [-0.05, 0) is 71.3 Å². The first-order chi connectivity index (χ1) is 20.8. The summed E-state index contributed by atoms with van der Waals surface area (Å²) in [5, 5.41) is 5.52. The molecule has 4 atom stereocenters. The van der Waals surface area contributed by atoms with Gasteiger partial charge < -0.3 is 20.3 Å². The lowest BCUT2D eigenvalue weighted by Gasteiger charge is -2.30. The van der Waals surface area contributed by atoms with Crippen LogP contribution in [-0.2, 0) is 35.8 Å². The predicted molar refractivity (Wildman–Crippen MR) is 164 cm³/mol. The van der Waals surface area contributed by atoms with Crippen molar-refractivity contribution < 1.29 is 32.3 Å². The molecule has 2 heterocycles. The van der Waals surface area contributed by atoms with Gasteiger partial charge in [0, 0.05) is 19.0 Å². The summed E-state index contributed by atoms with van der Waals surface area (Å²) in [6.07, 6.45) is 8.19. The number of nitrogens with zero attached hydrogens (tertiary/aromatic N) is 1. The van der Waals surface area contributed by atoms with Gasteiger partial charge in [0.1, 0.15) is 23.2 Å². The molecule has 4 N–H and O–H groups in total.